The first-order chi connectivity index (χ1) is 9.41. The number of nitrogens with zero attached hydrogens (tertiary/aromatic N) is 1. The normalized spacial score (nSPS) is 13.4. The number of halogens is 1. The van der Waals surface area contributed by atoms with Gasteiger partial charge in [-0.2, -0.15) is 0 Å². The van der Waals surface area contributed by atoms with E-state index in [-0.39, 0.29) is 5.41 Å². The molecule has 0 aliphatic carbocycles. The molecule has 1 unspecified atom stereocenters. The highest BCUT2D eigenvalue weighted by Gasteiger charge is 2.24. The van der Waals surface area contributed by atoms with Crippen LogP contribution in [0.5, 0.6) is 0 Å². The zero-order chi connectivity index (χ0) is 14.8. The van der Waals surface area contributed by atoms with Crippen molar-refractivity contribution < 1.29 is 0 Å². The fourth-order valence-electron chi connectivity index (χ4n) is 2.32. The fourth-order valence-corrected chi connectivity index (χ4v) is 2.49. The van der Waals surface area contributed by atoms with Crippen LogP contribution in [0.2, 0.25) is 5.02 Å². The Balaban J connectivity index is 2.37. The second kappa shape index (κ2) is 5.98. The highest BCUT2D eigenvalue weighted by Crippen LogP contribution is 2.29. The van der Waals surface area contributed by atoms with Gasteiger partial charge in [0.05, 0.1) is 5.52 Å². The maximum Gasteiger partial charge on any atom is 0.0737 e. The van der Waals surface area contributed by atoms with Crippen molar-refractivity contribution in [1.82, 2.24) is 4.98 Å². The first kappa shape index (κ1) is 15.1. The molecule has 2 rings (SSSR count). The molecule has 1 heterocycles. The van der Waals surface area contributed by atoms with E-state index in [2.05, 4.69) is 31.1 Å². The minimum atomic E-state index is 0.140. The van der Waals surface area contributed by atoms with Crippen molar-refractivity contribution >= 4 is 28.2 Å². The predicted octanol–water partition coefficient (Wildman–Crippen LogP) is 4.06. The molecule has 1 aromatic carbocycles. The third kappa shape index (κ3) is 3.41. The van der Waals surface area contributed by atoms with E-state index in [1.807, 2.05) is 30.5 Å². The monoisotopic (exact) mass is 291 g/mol. The van der Waals surface area contributed by atoms with Crippen LogP contribution in [0.25, 0.3) is 10.9 Å². The molecule has 3 N–H and O–H groups in total. The Morgan fingerprint density at radius 3 is 2.70 bits per heavy atom. The number of hydrogen-bond donors (Lipinski definition) is 2. The smallest absolute Gasteiger partial charge is 0.0737 e. The van der Waals surface area contributed by atoms with Crippen LogP contribution >= 0.6 is 11.6 Å². The number of hydrogen-bond acceptors (Lipinski definition) is 3. The van der Waals surface area contributed by atoms with Crippen LogP contribution in [0.15, 0.2) is 30.5 Å². The molecule has 0 saturated heterocycles. The number of rotatable bonds is 4. The zero-order valence-corrected chi connectivity index (χ0v) is 13.0. The molecule has 0 bridgehead atoms. The SMILES string of the molecule is CC(C)(C)C(CCN)Nc1ccnc2cc(Cl)ccc12. The highest BCUT2D eigenvalue weighted by atomic mass is 35.5. The van der Waals surface area contributed by atoms with Gasteiger partial charge in [-0.1, -0.05) is 32.4 Å². The zero-order valence-electron chi connectivity index (χ0n) is 12.3. The average molecular weight is 292 g/mol. The van der Waals surface area contributed by atoms with E-state index in [9.17, 15) is 0 Å². The summed E-state index contributed by atoms with van der Waals surface area (Å²) in [5, 5.41) is 5.41. The van der Waals surface area contributed by atoms with Gasteiger partial charge in [0.2, 0.25) is 0 Å². The molecule has 20 heavy (non-hydrogen) atoms. The van der Waals surface area contributed by atoms with E-state index < -0.39 is 0 Å². The van der Waals surface area contributed by atoms with Crippen LogP contribution in [0.4, 0.5) is 5.69 Å². The Kier molecular flexibility index (Phi) is 4.51. The lowest BCUT2D eigenvalue weighted by Gasteiger charge is -2.32. The number of pyridine rings is 1. The molecular formula is C16H22ClN3. The third-order valence-corrected chi connectivity index (χ3v) is 3.77. The van der Waals surface area contributed by atoms with Crippen molar-refractivity contribution in [3.05, 3.63) is 35.5 Å². The van der Waals surface area contributed by atoms with Crippen LogP contribution in [0, 0.1) is 5.41 Å². The van der Waals surface area contributed by atoms with Crippen molar-refractivity contribution in [1.29, 1.82) is 0 Å². The molecule has 0 radical (unpaired) electrons. The molecule has 1 aromatic heterocycles. The summed E-state index contributed by atoms with van der Waals surface area (Å²) in [6.45, 7) is 7.34. The standard InChI is InChI=1S/C16H22ClN3/c1-16(2,3)15(6-8-18)20-13-7-9-19-14-10-11(17)4-5-12(13)14/h4-5,7,9-10,15H,6,8,18H2,1-3H3,(H,19,20). The molecule has 3 nitrogen and oxygen atoms in total. The maximum atomic E-state index is 6.02. The summed E-state index contributed by atoms with van der Waals surface area (Å²) in [4.78, 5) is 4.37. The highest BCUT2D eigenvalue weighted by molar-refractivity contribution is 6.31. The van der Waals surface area contributed by atoms with Gasteiger partial charge in [-0.3, -0.25) is 4.98 Å². The van der Waals surface area contributed by atoms with Gasteiger partial charge in [0.15, 0.2) is 0 Å². The Labute approximate surface area is 125 Å². The van der Waals surface area contributed by atoms with Crippen LogP contribution in [0.1, 0.15) is 27.2 Å². The summed E-state index contributed by atoms with van der Waals surface area (Å²) in [6.07, 6.45) is 2.74. The van der Waals surface area contributed by atoms with Gasteiger partial charge >= 0.3 is 0 Å². The molecular weight excluding hydrogens is 270 g/mol. The topological polar surface area (TPSA) is 50.9 Å². The van der Waals surface area contributed by atoms with E-state index in [1.54, 1.807) is 0 Å². The number of anilines is 1. The predicted molar refractivity (Wildman–Crippen MR) is 87.3 cm³/mol. The Bertz CT molecular complexity index is 590. The molecule has 0 spiro atoms. The van der Waals surface area contributed by atoms with Gasteiger partial charge in [0.25, 0.3) is 0 Å². The lowest BCUT2D eigenvalue weighted by atomic mass is 9.84. The number of nitrogens with two attached hydrogens (primary N) is 1. The van der Waals surface area contributed by atoms with Gasteiger partial charge < -0.3 is 11.1 Å². The minimum absolute atomic E-state index is 0.140. The molecule has 4 heteroatoms. The second-order valence-corrected chi connectivity index (χ2v) is 6.60. The summed E-state index contributed by atoms with van der Waals surface area (Å²) in [5.74, 6) is 0. The van der Waals surface area contributed by atoms with Gasteiger partial charge in [0.1, 0.15) is 0 Å². The quantitative estimate of drug-likeness (QED) is 0.893. The van der Waals surface area contributed by atoms with Crippen LogP contribution < -0.4 is 11.1 Å². The second-order valence-electron chi connectivity index (χ2n) is 6.16. The Hall–Kier alpha value is -1.32. The van der Waals surface area contributed by atoms with E-state index in [0.29, 0.717) is 17.6 Å². The van der Waals surface area contributed by atoms with Gasteiger partial charge in [-0.05, 0) is 42.6 Å². The van der Waals surface area contributed by atoms with Crippen molar-refractivity contribution in [3.63, 3.8) is 0 Å². The lowest BCUT2D eigenvalue weighted by molar-refractivity contribution is 0.329. The van der Waals surface area contributed by atoms with Crippen LogP contribution in [0.3, 0.4) is 0 Å². The summed E-state index contributed by atoms with van der Waals surface area (Å²) < 4.78 is 0. The van der Waals surface area contributed by atoms with Crippen molar-refractivity contribution in [2.24, 2.45) is 11.1 Å². The molecule has 108 valence electrons. The summed E-state index contributed by atoms with van der Waals surface area (Å²) in [6, 6.07) is 8.11. The molecule has 1 atom stereocenters. The summed E-state index contributed by atoms with van der Waals surface area (Å²) in [5.41, 5.74) is 7.87. The maximum absolute atomic E-state index is 6.02. The molecule has 0 aliphatic rings. The first-order valence-corrected chi connectivity index (χ1v) is 7.30. The van der Waals surface area contributed by atoms with Crippen LogP contribution in [-0.2, 0) is 0 Å². The van der Waals surface area contributed by atoms with Crippen molar-refractivity contribution in [2.45, 2.75) is 33.2 Å². The fraction of sp³-hybridized carbons (Fsp3) is 0.438. The Morgan fingerprint density at radius 1 is 1.30 bits per heavy atom. The van der Waals surface area contributed by atoms with Crippen molar-refractivity contribution in [3.8, 4) is 0 Å². The number of aromatic nitrogens is 1. The number of benzene rings is 1. The van der Waals surface area contributed by atoms with Gasteiger partial charge in [-0.15, -0.1) is 0 Å². The van der Waals surface area contributed by atoms with Gasteiger partial charge in [-0.25, -0.2) is 0 Å². The van der Waals surface area contributed by atoms with E-state index in [0.717, 1.165) is 23.0 Å². The van der Waals surface area contributed by atoms with E-state index >= 15 is 0 Å². The molecule has 0 amide bonds. The Morgan fingerprint density at radius 2 is 2.05 bits per heavy atom. The first-order valence-electron chi connectivity index (χ1n) is 6.92. The average Bonchev–Trinajstić information content (AvgIpc) is 2.37. The molecule has 2 aromatic rings. The molecule has 0 fully saturated rings. The number of nitrogens with one attached hydrogen (secondary N) is 1. The van der Waals surface area contributed by atoms with Crippen molar-refractivity contribution in [2.75, 3.05) is 11.9 Å². The minimum Gasteiger partial charge on any atom is -0.381 e. The molecule has 0 saturated carbocycles. The molecule has 0 aliphatic heterocycles. The largest absolute Gasteiger partial charge is 0.381 e. The number of fused-ring (bicyclic) bond motifs is 1. The van der Waals surface area contributed by atoms with Gasteiger partial charge in [0, 0.05) is 28.3 Å². The van der Waals surface area contributed by atoms with Crippen LogP contribution in [-0.4, -0.2) is 17.6 Å². The lowest BCUT2D eigenvalue weighted by Crippen LogP contribution is -2.35. The third-order valence-electron chi connectivity index (χ3n) is 3.54. The van der Waals surface area contributed by atoms with E-state index in [4.69, 9.17) is 17.3 Å². The summed E-state index contributed by atoms with van der Waals surface area (Å²) >= 11 is 6.02. The summed E-state index contributed by atoms with van der Waals surface area (Å²) in [7, 11) is 0. The van der Waals surface area contributed by atoms with E-state index in [1.165, 1.54) is 0 Å².